The van der Waals surface area contributed by atoms with Crippen LogP contribution in [0.5, 0.6) is 5.75 Å². The molecule has 0 spiro atoms. The molecule has 0 saturated carbocycles. The molecule has 1 heterocycles. The van der Waals surface area contributed by atoms with E-state index in [-0.39, 0.29) is 23.6 Å². The van der Waals surface area contributed by atoms with Crippen molar-refractivity contribution in [3.63, 3.8) is 0 Å². The van der Waals surface area contributed by atoms with Gasteiger partial charge in [0, 0.05) is 30.4 Å². The highest BCUT2D eigenvalue weighted by atomic mass is 19.4. The van der Waals surface area contributed by atoms with E-state index < -0.39 is 12.3 Å². The number of carbonyl (C=O) groups is 2. The summed E-state index contributed by atoms with van der Waals surface area (Å²) in [6, 6.07) is 5.68. The molecule has 1 amide bonds. The maximum atomic E-state index is 12.9. The number of ketones is 1. The average molecular weight is 396 g/mol. The molecule has 0 aliphatic carbocycles. The minimum atomic E-state index is -4.82. The van der Waals surface area contributed by atoms with E-state index in [4.69, 9.17) is 0 Å². The smallest absolute Gasteiger partial charge is 0.405 e. The van der Waals surface area contributed by atoms with Crippen LogP contribution in [-0.2, 0) is 13.0 Å². The molecule has 0 unspecified atom stereocenters. The molecule has 152 valence electrons. The van der Waals surface area contributed by atoms with Crippen molar-refractivity contribution in [1.82, 2.24) is 9.88 Å². The SMILES string of the molecule is CCCc1c(C(=O)N(C)Cc2ccccc2OC(F)(F)F)[nH]c(C)c1C(C)=O. The van der Waals surface area contributed by atoms with Crippen LogP contribution in [-0.4, -0.2) is 35.0 Å². The van der Waals surface area contributed by atoms with Gasteiger partial charge in [0.2, 0.25) is 0 Å². The van der Waals surface area contributed by atoms with Crippen LogP contribution in [0.4, 0.5) is 13.2 Å². The molecule has 0 aliphatic rings. The first kappa shape index (κ1) is 21.5. The number of aromatic nitrogens is 1. The van der Waals surface area contributed by atoms with Crippen LogP contribution < -0.4 is 4.74 Å². The molecule has 5 nitrogen and oxygen atoms in total. The molecule has 0 atom stereocenters. The summed E-state index contributed by atoms with van der Waals surface area (Å²) in [5.41, 5.74) is 2.26. The van der Waals surface area contributed by atoms with Crippen LogP contribution in [0.3, 0.4) is 0 Å². The van der Waals surface area contributed by atoms with Crippen LogP contribution in [0.1, 0.15) is 57.9 Å². The molecule has 1 aromatic heterocycles. The quantitative estimate of drug-likeness (QED) is 0.693. The number of aryl methyl sites for hydroxylation is 1. The lowest BCUT2D eigenvalue weighted by molar-refractivity contribution is -0.275. The molecule has 1 aromatic carbocycles. The number of rotatable bonds is 7. The molecule has 0 radical (unpaired) electrons. The molecule has 0 fully saturated rings. The van der Waals surface area contributed by atoms with Gasteiger partial charge in [0.05, 0.1) is 0 Å². The van der Waals surface area contributed by atoms with Gasteiger partial charge < -0.3 is 14.6 Å². The number of carbonyl (C=O) groups excluding carboxylic acids is 2. The van der Waals surface area contributed by atoms with Gasteiger partial charge in [0.25, 0.3) is 5.91 Å². The minimum Gasteiger partial charge on any atom is -0.405 e. The van der Waals surface area contributed by atoms with Crippen LogP contribution in [0.25, 0.3) is 0 Å². The molecule has 28 heavy (non-hydrogen) atoms. The standard InChI is InChI=1S/C20H23F3N2O3/c1-5-8-15-17(13(3)26)12(2)24-18(15)19(27)25(4)11-14-9-6-7-10-16(14)28-20(21,22)23/h6-7,9-10,24H,5,8,11H2,1-4H3. The number of amides is 1. The van der Waals surface area contributed by atoms with Crippen molar-refractivity contribution in [3.05, 3.63) is 52.3 Å². The van der Waals surface area contributed by atoms with Crippen LogP contribution in [0.2, 0.25) is 0 Å². The van der Waals surface area contributed by atoms with Gasteiger partial charge >= 0.3 is 6.36 Å². The van der Waals surface area contributed by atoms with Gasteiger partial charge in [-0.25, -0.2) is 0 Å². The number of hydrogen-bond acceptors (Lipinski definition) is 3. The lowest BCUT2D eigenvalue weighted by atomic mass is 10.0. The highest BCUT2D eigenvalue weighted by Gasteiger charge is 2.32. The molecular formula is C20H23F3N2O3. The third-order valence-electron chi connectivity index (χ3n) is 4.31. The normalized spacial score (nSPS) is 11.4. The second kappa shape index (κ2) is 8.50. The maximum Gasteiger partial charge on any atom is 0.573 e. The number of hydrogen-bond donors (Lipinski definition) is 1. The van der Waals surface area contributed by atoms with Gasteiger partial charge in [-0.3, -0.25) is 9.59 Å². The fourth-order valence-corrected chi connectivity index (χ4v) is 3.21. The summed E-state index contributed by atoms with van der Waals surface area (Å²) in [6.45, 7) is 5.02. The number of alkyl halides is 3. The van der Waals surface area contributed by atoms with Crippen molar-refractivity contribution in [2.45, 2.75) is 46.5 Å². The van der Waals surface area contributed by atoms with Crippen molar-refractivity contribution in [2.75, 3.05) is 7.05 Å². The van der Waals surface area contributed by atoms with Gasteiger partial charge in [-0.1, -0.05) is 31.5 Å². The Balaban J connectivity index is 2.32. The monoisotopic (exact) mass is 396 g/mol. The zero-order chi connectivity index (χ0) is 21.1. The summed E-state index contributed by atoms with van der Waals surface area (Å²) in [6.07, 6.45) is -3.54. The minimum absolute atomic E-state index is 0.0792. The van der Waals surface area contributed by atoms with Gasteiger partial charge in [0.1, 0.15) is 11.4 Å². The summed E-state index contributed by atoms with van der Waals surface area (Å²) in [5, 5.41) is 0. The van der Waals surface area contributed by atoms with E-state index in [1.54, 1.807) is 13.0 Å². The summed E-state index contributed by atoms with van der Waals surface area (Å²) in [7, 11) is 1.49. The topological polar surface area (TPSA) is 62.4 Å². The molecule has 0 aliphatic heterocycles. The molecule has 2 aromatic rings. The summed E-state index contributed by atoms with van der Waals surface area (Å²) >= 11 is 0. The summed E-state index contributed by atoms with van der Waals surface area (Å²) < 4.78 is 41.9. The Morgan fingerprint density at radius 2 is 1.86 bits per heavy atom. The van der Waals surface area contributed by atoms with Crippen molar-refractivity contribution < 1.29 is 27.5 Å². The average Bonchev–Trinajstić information content (AvgIpc) is 2.91. The third kappa shape index (κ3) is 4.94. The van der Waals surface area contributed by atoms with E-state index in [0.717, 1.165) is 6.42 Å². The van der Waals surface area contributed by atoms with Crippen molar-refractivity contribution >= 4 is 11.7 Å². The number of nitrogens with zero attached hydrogens (tertiary/aromatic N) is 1. The first-order valence-electron chi connectivity index (χ1n) is 8.86. The fraction of sp³-hybridized carbons (Fsp3) is 0.400. The number of halogens is 3. The van der Waals surface area contributed by atoms with E-state index >= 15 is 0 Å². The second-order valence-electron chi connectivity index (χ2n) is 6.60. The number of para-hydroxylation sites is 1. The molecular weight excluding hydrogens is 373 g/mol. The largest absolute Gasteiger partial charge is 0.573 e. The van der Waals surface area contributed by atoms with E-state index in [1.807, 2.05) is 6.92 Å². The molecule has 1 N–H and O–H groups in total. The first-order chi connectivity index (χ1) is 13.0. The van der Waals surface area contributed by atoms with Crippen LogP contribution in [0, 0.1) is 6.92 Å². The van der Waals surface area contributed by atoms with E-state index in [2.05, 4.69) is 9.72 Å². The number of ether oxygens (including phenoxy) is 1. The number of benzene rings is 1. The molecule has 2 rings (SSSR count). The van der Waals surface area contributed by atoms with Crippen molar-refractivity contribution in [1.29, 1.82) is 0 Å². The maximum absolute atomic E-state index is 12.9. The van der Waals surface area contributed by atoms with Crippen molar-refractivity contribution in [2.24, 2.45) is 0 Å². The van der Waals surface area contributed by atoms with E-state index in [1.165, 1.54) is 37.1 Å². The molecule has 8 heteroatoms. The second-order valence-corrected chi connectivity index (χ2v) is 6.60. The van der Waals surface area contributed by atoms with E-state index in [0.29, 0.717) is 28.9 Å². The van der Waals surface area contributed by atoms with Gasteiger partial charge in [-0.2, -0.15) is 0 Å². The summed E-state index contributed by atoms with van der Waals surface area (Å²) in [5.74, 6) is -0.890. The van der Waals surface area contributed by atoms with Crippen LogP contribution in [0.15, 0.2) is 24.3 Å². The third-order valence-corrected chi connectivity index (χ3v) is 4.31. The first-order valence-corrected chi connectivity index (χ1v) is 8.86. The lowest BCUT2D eigenvalue weighted by Crippen LogP contribution is -2.28. The zero-order valence-electron chi connectivity index (χ0n) is 16.2. The predicted octanol–water partition coefficient (Wildman–Crippen LogP) is 4.65. The van der Waals surface area contributed by atoms with Gasteiger partial charge in [-0.15, -0.1) is 13.2 Å². The lowest BCUT2D eigenvalue weighted by Gasteiger charge is -2.20. The Morgan fingerprint density at radius 3 is 2.43 bits per heavy atom. The molecule has 0 bridgehead atoms. The Kier molecular flexibility index (Phi) is 6.53. The van der Waals surface area contributed by atoms with Gasteiger partial charge in [0.15, 0.2) is 5.78 Å². The predicted molar refractivity (Wildman–Crippen MR) is 98.5 cm³/mol. The fourth-order valence-electron chi connectivity index (χ4n) is 3.21. The Hall–Kier alpha value is -2.77. The number of nitrogens with one attached hydrogen (secondary N) is 1. The highest BCUT2D eigenvalue weighted by molar-refractivity contribution is 6.02. The number of Topliss-reactive ketones (excluding diaryl/α,β-unsaturated/α-hetero) is 1. The zero-order valence-corrected chi connectivity index (χ0v) is 16.2. The Morgan fingerprint density at radius 1 is 1.21 bits per heavy atom. The summed E-state index contributed by atoms with van der Waals surface area (Å²) in [4.78, 5) is 29.2. The van der Waals surface area contributed by atoms with Crippen molar-refractivity contribution in [3.8, 4) is 5.75 Å². The molecule has 0 saturated heterocycles. The Bertz CT molecular complexity index is 872. The van der Waals surface area contributed by atoms with E-state index in [9.17, 15) is 22.8 Å². The Labute approximate surface area is 161 Å². The number of H-pyrrole nitrogens is 1. The van der Waals surface area contributed by atoms with Crippen LogP contribution >= 0.6 is 0 Å². The number of aromatic amines is 1. The van der Waals surface area contributed by atoms with Gasteiger partial charge in [-0.05, 0) is 31.9 Å². The highest BCUT2D eigenvalue weighted by Crippen LogP contribution is 2.28.